The van der Waals surface area contributed by atoms with Crippen molar-refractivity contribution in [3.8, 4) is 11.8 Å². The van der Waals surface area contributed by atoms with Crippen LogP contribution in [0.1, 0.15) is 24.5 Å². The largest absolute Gasteiger partial charge is 0.465 e. The first kappa shape index (κ1) is 12.1. The summed E-state index contributed by atoms with van der Waals surface area (Å²) in [5.41, 5.74) is 8.22. The van der Waals surface area contributed by atoms with Crippen LogP contribution in [0.5, 0.6) is 0 Å². The molecule has 0 saturated carbocycles. The van der Waals surface area contributed by atoms with Gasteiger partial charge < -0.3 is 10.5 Å². The van der Waals surface area contributed by atoms with Crippen LogP contribution in [0.2, 0.25) is 0 Å². The van der Waals surface area contributed by atoms with Crippen molar-refractivity contribution in [2.24, 2.45) is 0 Å². The molecule has 0 heterocycles. The lowest BCUT2D eigenvalue weighted by molar-refractivity contribution is -0.141. The Kier molecular flexibility index (Phi) is 4.41. The molecule has 1 aromatic carbocycles. The zero-order chi connectivity index (χ0) is 12.0. The quantitative estimate of drug-likeness (QED) is 0.467. The number of anilines is 1. The van der Waals surface area contributed by atoms with Gasteiger partial charge in [0.1, 0.15) is 6.42 Å². The molecule has 16 heavy (non-hydrogen) atoms. The van der Waals surface area contributed by atoms with Crippen LogP contribution in [0.15, 0.2) is 18.2 Å². The molecular formula is C13H15NO2. The third kappa shape index (κ3) is 3.66. The highest BCUT2D eigenvalue weighted by Gasteiger charge is 1.98. The number of hydrogen-bond donors (Lipinski definition) is 1. The van der Waals surface area contributed by atoms with Crippen LogP contribution in [0, 0.1) is 18.8 Å². The smallest absolute Gasteiger partial charge is 0.317 e. The van der Waals surface area contributed by atoms with Crippen molar-refractivity contribution < 1.29 is 9.53 Å². The molecular weight excluding hydrogens is 202 g/mol. The molecule has 0 saturated heterocycles. The van der Waals surface area contributed by atoms with Crippen LogP contribution >= 0.6 is 0 Å². The first-order chi connectivity index (χ1) is 7.63. The number of nitrogen functional groups attached to an aromatic ring is 1. The van der Waals surface area contributed by atoms with Crippen molar-refractivity contribution in [1.82, 2.24) is 0 Å². The molecule has 0 spiro atoms. The van der Waals surface area contributed by atoms with Crippen LogP contribution in [0.4, 0.5) is 5.69 Å². The van der Waals surface area contributed by atoms with Gasteiger partial charge in [0.2, 0.25) is 0 Å². The molecule has 2 N–H and O–H groups in total. The minimum absolute atomic E-state index is 0.0984. The Labute approximate surface area is 95.6 Å². The molecule has 1 aromatic rings. The summed E-state index contributed by atoms with van der Waals surface area (Å²) in [5, 5.41) is 0. The van der Waals surface area contributed by atoms with Crippen molar-refractivity contribution in [2.45, 2.75) is 20.3 Å². The second-order valence-corrected chi connectivity index (χ2v) is 3.37. The average Bonchev–Trinajstić information content (AvgIpc) is 2.23. The molecule has 0 aliphatic rings. The lowest BCUT2D eigenvalue weighted by atomic mass is 10.1. The Bertz CT molecular complexity index is 441. The van der Waals surface area contributed by atoms with E-state index in [-0.39, 0.29) is 12.4 Å². The van der Waals surface area contributed by atoms with Gasteiger partial charge in [-0.1, -0.05) is 17.9 Å². The van der Waals surface area contributed by atoms with E-state index in [1.54, 1.807) is 6.92 Å². The lowest BCUT2D eigenvalue weighted by Gasteiger charge is -1.99. The van der Waals surface area contributed by atoms with E-state index in [1.165, 1.54) is 0 Å². The van der Waals surface area contributed by atoms with E-state index in [1.807, 2.05) is 25.1 Å². The molecule has 84 valence electrons. The van der Waals surface area contributed by atoms with Crippen molar-refractivity contribution in [3.63, 3.8) is 0 Å². The summed E-state index contributed by atoms with van der Waals surface area (Å²) < 4.78 is 4.76. The molecule has 0 atom stereocenters. The average molecular weight is 217 g/mol. The summed E-state index contributed by atoms with van der Waals surface area (Å²) in [6.45, 7) is 4.12. The number of hydrogen-bond acceptors (Lipinski definition) is 3. The van der Waals surface area contributed by atoms with E-state index >= 15 is 0 Å². The third-order valence-electron chi connectivity index (χ3n) is 1.97. The Balaban J connectivity index is 2.69. The Morgan fingerprint density at radius 3 is 2.94 bits per heavy atom. The van der Waals surface area contributed by atoms with Crippen LogP contribution in [-0.2, 0) is 9.53 Å². The van der Waals surface area contributed by atoms with Crippen LogP contribution in [0.25, 0.3) is 0 Å². The Morgan fingerprint density at radius 2 is 2.25 bits per heavy atom. The summed E-state index contributed by atoms with van der Waals surface area (Å²) in [7, 11) is 0. The highest BCUT2D eigenvalue weighted by atomic mass is 16.5. The summed E-state index contributed by atoms with van der Waals surface area (Å²) in [4.78, 5) is 11.0. The minimum atomic E-state index is -0.304. The highest BCUT2D eigenvalue weighted by Crippen LogP contribution is 2.11. The number of carbonyl (C=O) groups excluding carboxylic acids is 1. The van der Waals surface area contributed by atoms with Gasteiger partial charge in [-0.2, -0.15) is 0 Å². The molecule has 0 aliphatic heterocycles. The van der Waals surface area contributed by atoms with Gasteiger partial charge in [0.25, 0.3) is 0 Å². The maximum Gasteiger partial charge on any atom is 0.317 e. The number of esters is 1. The van der Waals surface area contributed by atoms with E-state index in [0.717, 1.165) is 11.1 Å². The topological polar surface area (TPSA) is 52.3 Å². The van der Waals surface area contributed by atoms with Gasteiger partial charge in [-0.15, -0.1) is 0 Å². The molecule has 0 aromatic heterocycles. The van der Waals surface area contributed by atoms with Gasteiger partial charge in [0, 0.05) is 11.3 Å². The standard InChI is InChI=1S/C13H15NO2/c1-3-16-13(15)6-4-5-11-9-10(2)7-8-12(11)14/h7-9H,3,6,14H2,1-2H3. The van der Waals surface area contributed by atoms with Gasteiger partial charge in [-0.3, -0.25) is 4.79 Å². The Morgan fingerprint density at radius 1 is 1.50 bits per heavy atom. The molecule has 3 nitrogen and oxygen atoms in total. The zero-order valence-electron chi connectivity index (χ0n) is 9.54. The first-order valence-corrected chi connectivity index (χ1v) is 5.14. The molecule has 0 unspecified atom stereocenters. The summed E-state index contributed by atoms with van der Waals surface area (Å²) in [6.07, 6.45) is 0.0984. The van der Waals surface area contributed by atoms with Crippen LogP contribution in [0.3, 0.4) is 0 Å². The second-order valence-electron chi connectivity index (χ2n) is 3.37. The van der Waals surface area contributed by atoms with E-state index in [2.05, 4.69) is 11.8 Å². The maximum absolute atomic E-state index is 11.0. The summed E-state index contributed by atoms with van der Waals surface area (Å²) >= 11 is 0. The summed E-state index contributed by atoms with van der Waals surface area (Å²) in [6, 6.07) is 5.63. The predicted octanol–water partition coefficient (Wildman–Crippen LogP) is 1.88. The van der Waals surface area contributed by atoms with Crippen LogP contribution < -0.4 is 5.73 Å². The van der Waals surface area contributed by atoms with E-state index in [4.69, 9.17) is 10.5 Å². The van der Waals surface area contributed by atoms with Crippen molar-refractivity contribution >= 4 is 11.7 Å². The number of aryl methyl sites for hydroxylation is 1. The highest BCUT2D eigenvalue weighted by molar-refractivity contribution is 5.73. The molecule has 0 bridgehead atoms. The molecule has 0 radical (unpaired) electrons. The molecule has 0 fully saturated rings. The zero-order valence-corrected chi connectivity index (χ0v) is 9.54. The Hall–Kier alpha value is -1.95. The summed E-state index contributed by atoms with van der Waals surface area (Å²) in [5.74, 6) is 5.31. The third-order valence-corrected chi connectivity index (χ3v) is 1.97. The fourth-order valence-electron chi connectivity index (χ4n) is 1.20. The van der Waals surface area contributed by atoms with Crippen molar-refractivity contribution in [3.05, 3.63) is 29.3 Å². The van der Waals surface area contributed by atoms with Gasteiger partial charge in [-0.25, -0.2) is 0 Å². The van der Waals surface area contributed by atoms with E-state index in [9.17, 15) is 4.79 Å². The first-order valence-electron chi connectivity index (χ1n) is 5.14. The van der Waals surface area contributed by atoms with Gasteiger partial charge in [0.15, 0.2) is 0 Å². The lowest BCUT2D eigenvalue weighted by Crippen LogP contribution is -2.01. The van der Waals surface area contributed by atoms with Gasteiger partial charge >= 0.3 is 5.97 Å². The monoisotopic (exact) mass is 217 g/mol. The molecule has 0 amide bonds. The maximum atomic E-state index is 11.0. The number of rotatable bonds is 2. The normalized spacial score (nSPS) is 9.12. The number of benzene rings is 1. The van der Waals surface area contributed by atoms with Gasteiger partial charge in [-0.05, 0) is 31.5 Å². The number of ether oxygens (including phenoxy) is 1. The second kappa shape index (κ2) is 5.82. The van der Waals surface area contributed by atoms with Crippen LogP contribution in [-0.4, -0.2) is 12.6 Å². The van der Waals surface area contributed by atoms with Crippen molar-refractivity contribution in [1.29, 1.82) is 0 Å². The molecule has 1 rings (SSSR count). The van der Waals surface area contributed by atoms with Crippen molar-refractivity contribution in [2.75, 3.05) is 12.3 Å². The van der Waals surface area contributed by atoms with E-state index < -0.39 is 0 Å². The fourth-order valence-corrected chi connectivity index (χ4v) is 1.20. The molecule has 3 heteroatoms. The number of carbonyl (C=O) groups is 1. The fraction of sp³-hybridized carbons (Fsp3) is 0.308. The SMILES string of the molecule is CCOC(=O)CC#Cc1cc(C)ccc1N. The van der Waals surface area contributed by atoms with E-state index in [0.29, 0.717) is 12.3 Å². The predicted molar refractivity (Wildman–Crippen MR) is 63.7 cm³/mol. The van der Waals surface area contributed by atoms with Gasteiger partial charge in [0.05, 0.1) is 6.61 Å². The number of nitrogens with two attached hydrogens (primary N) is 1. The molecule has 0 aliphatic carbocycles. The minimum Gasteiger partial charge on any atom is -0.465 e.